The number of likely N-dealkylation sites (N-methyl/N-ethyl adjacent to an activating group) is 1. The van der Waals surface area contributed by atoms with Gasteiger partial charge in [0.25, 0.3) is 0 Å². The Hall–Kier alpha value is -3.85. The third-order valence-electron chi connectivity index (χ3n) is 11.7. The van der Waals surface area contributed by atoms with Crippen molar-refractivity contribution in [1.29, 1.82) is 0 Å². The maximum Gasteiger partial charge on any atom is 0.472 e. The van der Waals surface area contributed by atoms with E-state index in [1.807, 2.05) is 21.1 Å². The first kappa shape index (κ1) is 70.1. The predicted molar refractivity (Wildman–Crippen MR) is 316 cm³/mol. The number of esters is 2. The van der Waals surface area contributed by atoms with Crippen LogP contribution < -0.4 is 0 Å². The average Bonchev–Trinajstić information content (AvgIpc) is 3.36. The molecule has 0 aliphatic rings. The largest absolute Gasteiger partial charge is 0.472 e. The van der Waals surface area contributed by atoms with Crippen molar-refractivity contribution in [3.05, 3.63) is 134 Å². The second-order valence-electron chi connectivity index (χ2n) is 19.9. The quantitative estimate of drug-likeness (QED) is 0.0211. The summed E-state index contributed by atoms with van der Waals surface area (Å²) in [6.07, 6.45) is 78.0. The molecule has 0 saturated carbocycles. The summed E-state index contributed by atoms with van der Waals surface area (Å²) < 4.78 is 34.5. The van der Waals surface area contributed by atoms with E-state index in [9.17, 15) is 19.0 Å². The van der Waals surface area contributed by atoms with Crippen molar-refractivity contribution in [3.63, 3.8) is 0 Å². The molecule has 420 valence electrons. The first-order valence-electron chi connectivity index (χ1n) is 28.9. The van der Waals surface area contributed by atoms with Crippen molar-refractivity contribution in [2.75, 3.05) is 47.5 Å². The zero-order valence-corrected chi connectivity index (χ0v) is 48.4. The number of phosphoric ester groups is 1. The standard InChI is InChI=1S/C64H106NO8P/c1-6-8-10-12-14-16-18-20-22-24-25-26-27-28-29-30-31-32-33-34-35-36-37-38-39-41-43-45-47-49-51-53-55-57-64(67)73-62(61-72-74(68,69)71-59-58-65(3,4)5)60-70-63(66)56-54-52-50-48-46-44-42-40-23-21-19-17-15-13-11-9-7-2/h8-11,14-17,20-23,25-26,28-29,31-32,34-35,37-38,62H,6-7,12-13,18-19,24,27,30,33,36,39-61H2,1-5H3/p+1/b10-8-,11-9-,16-14-,17-15-,22-20-,23-21-,26-25-,29-28-,32-31-,35-34-,38-37-. The van der Waals surface area contributed by atoms with Crippen LogP contribution in [0.2, 0.25) is 0 Å². The molecular weight excluding hydrogens is 942 g/mol. The molecule has 2 atom stereocenters. The number of hydrogen-bond acceptors (Lipinski definition) is 7. The number of quaternary nitrogens is 1. The van der Waals surface area contributed by atoms with Gasteiger partial charge in [-0.1, -0.05) is 218 Å². The van der Waals surface area contributed by atoms with E-state index in [2.05, 4.69) is 148 Å². The zero-order valence-electron chi connectivity index (χ0n) is 47.5. The van der Waals surface area contributed by atoms with E-state index < -0.39 is 26.5 Å². The van der Waals surface area contributed by atoms with E-state index in [1.165, 1.54) is 44.9 Å². The van der Waals surface area contributed by atoms with Gasteiger partial charge in [0.05, 0.1) is 27.7 Å². The molecule has 0 aromatic rings. The Balaban J connectivity index is 4.21. The lowest BCUT2D eigenvalue weighted by Gasteiger charge is -2.24. The molecule has 1 N–H and O–H groups in total. The van der Waals surface area contributed by atoms with E-state index in [0.717, 1.165) is 128 Å². The van der Waals surface area contributed by atoms with Crippen molar-refractivity contribution in [2.45, 2.75) is 213 Å². The Bertz CT molecular complexity index is 1710. The second-order valence-corrected chi connectivity index (χ2v) is 21.4. The van der Waals surface area contributed by atoms with Crippen LogP contribution in [0.15, 0.2) is 134 Å². The van der Waals surface area contributed by atoms with Crippen LogP contribution in [-0.4, -0.2) is 74.9 Å². The van der Waals surface area contributed by atoms with Crippen molar-refractivity contribution >= 4 is 19.8 Å². The lowest BCUT2D eigenvalue weighted by Crippen LogP contribution is -2.37. The van der Waals surface area contributed by atoms with Gasteiger partial charge in [-0.2, -0.15) is 0 Å². The van der Waals surface area contributed by atoms with Crippen LogP contribution in [0.25, 0.3) is 0 Å². The minimum Gasteiger partial charge on any atom is -0.462 e. The molecule has 0 radical (unpaired) electrons. The topological polar surface area (TPSA) is 108 Å². The van der Waals surface area contributed by atoms with Gasteiger partial charge in [0, 0.05) is 12.8 Å². The SMILES string of the molecule is CC/C=C\C/C=C\C/C=C\C/C=C\C/C=C\C/C=C\C/C=C\C/C=C\CCCCCCCCCCC(=O)OC(COC(=O)CCCCCCCCC/C=C\C/C=C\C/C=C\CC)COP(=O)(O)OCC[N+](C)(C)C. The molecule has 0 spiro atoms. The van der Waals surface area contributed by atoms with Crippen LogP contribution in [-0.2, 0) is 32.7 Å². The van der Waals surface area contributed by atoms with Crippen molar-refractivity contribution in [1.82, 2.24) is 0 Å². The number of hydrogen-bond donors (Lipinski definition) is 1. The van der Waals surface area contributed by atoms with Gasteiger partial charge in [-0.25, -0.2) is 4.57 Å². The molecule has 74 heavy (non-hydrogen) atoms. The Labute approximate surface area is 453 Å². The molecule has 10 heteroatoms. The minimum atomic E-state index is -4.40. The number of phosphoric acid groups is 1. The highest BCUT2D eigenvalue weighted by molar-refractivity contribution is 7.47. The Kier molecular flexibility index (Phi) is 51.2. The van der Waals surface area contributed by atoms with E-state index in [4.69, 9.17) is 18.5 Å². The van der Waals surface area contributed by atoms with Gasteiger partial charge in [-0.15, -0.1) is 0 Å². The third kappa shape index (κ3) is 57.4. The molecule has 0 rings (SSSR count). The summed E-state index contributed by atoms with van der Waals surface area (Å²) in [6.45, 7) is 4.17. The molecule has 0 aliphatic carbocycles. The van der Waals surface area contributed by atoms with Gasteiger partial charge in [0.15, 0.2) is 6.10 Å². The lowest BCUT2D eigenvalue weighted by molar-refractivity contribution is -0.870. The summed E-state index contributed by atoms with van der Waals surface area (Å²) in [5, 5.41) is 0. The molecule has 0 aromatic carbocycles. The molecule has 0 amide bonds. The van der Waals surface area contributed by atoms with E-state index in [-0.39, 0.29) is 32.0 Å². The number of unbranched alkanes of at least 4 members (excludes halogenated alkanes) is 15. The number of ether oxygens (including phenoxy) is 2. The number of carbonyl (C=O) groups is 2. The van der Waals surface area contributed by atoms with Crippen molar-refractivity contribution in [2.24, 2.45) is 0 Å². The van der Waals surface area contributed by atoms with Gasteiger partial charge in [-0.3, -0.25) is 18.6 Å². The summed E-state index contributed by atoms with van der Waals surface area (Å²) in [7, 11) is 1.44. The number of rotatable bonds is 51. The van der Waals surface area contributed by atoms with Gasteiger partial charge < -0.3 is 18.9 Å². The lowest BCUT2D eigenvalue weighted by atomic mass is 10.1. The highest BCUT2D eigenvalue weighted by Gasteiger charge is 2.27. The number of nitrogens with zero attached hydrogens (tertiary/aromatic N) is 1. The fourth-order valence-corrected chi connectivity index (χ4v) is 8.02. The Morgan fingerprint density at radius 1 is 0.419 bits per heavy atom. The average molecular weight is 1050 g/mol. The first-order chi connectivity index (χ1) is 36.0. The fourth-order valence-electron chi connectivity index (χ4n) is 7.28. The van der Waals surface area contributed by atoms with Crippen LogP contribution >= 0.6 is 7.82 Å². The van der Waals surface area contributed by atoms with Crippen molar-refractivity contribution in [3.8, 4) is 0 Å². The molecule has 0 bridgehead atoms. The highest BCUT2D eigenvalue weighted by atomic mass is 31.2. The fraction of sp³-hybridized carbons (Fsp3) is 0.625. The van der Waals surface area contributed by atoms with E-state index in [0.29, 0.717) is 17.4 Å². The minimum absolute atomic E-state index is 0.0208. The van der Waals surface area contributed by atoms with Gasteiger partial charge in [-0.05, 0) is 109 Å². The molecule has 2 unspecified atom stereocenters. The summed E-state index contributed by atoms with van der Waals surface area (Å²) in [6, 6.07) is 0. The van der Waals surface area contributed by atoms with Crippen LogP contribution in [0.1, 0.15) is 206 Å². The molecule has 0 saturated heterocycles. The molecular formula is C64H107NO8P+. The maximum atomic E-state index is 12.8. The summed E-state index contributed by atoms with van der Waals surface area (Å²) in [5.74, 6) is -0.828. The monoisotopic (exact) mass is 1050 g/mol. The molecule has 0 aromatic heterocycles. The molecule has 0 fully saturated rings. The molecule has 0 heterocycles. The van der Waals surface area contributed by atoms with Crippen LogP contribution in [0.3, 0.4) is 0 Å². The van der Waals surface area contributed by atoms with Gasteiger partial charge >= 0.3 is 19.8 Å². The maximum absolute atomic E-state index is 12.8. The van der Waals surface area contributed by atoms with Crippen LogP contribution in [0, 0.1) is 0 Å². The highest BCUT2D eigenvalue weighted by Crippen LogP contribution is 2.43. The smallest absolute Gasteiger partial charge is 0.462 e. The first-order valence-corrected chi connectivity index (χ1v) is 30.4. The number of carbonyl (C=O) groups excluding carboxylic acids is 2. The molecule has 0 aliphatic heterocycles. The second kappa shape index (κ2) is 54.0. The summed E-state index contributed by atoms with van der Waals surface area (Å²) in [4.78, 5) is 35.7. The third-order valence-corrected chi connectivity index (χ3v) is 12.7. The van der Waals surface area contributed by atoms with Crippen LogP contribution in [0.4, 0.5) is 0 Å². The summed E-state index contributed by atoms with van der Waals surface area (Å²) >= 11 is 0. The Morgan fingerprint density at radius 2 is 0.730 bits per heavy atom. The van der Waals surface area contributed by atoms with E-state index in [1.54, 1.807) is 0 Å². The summed E-state index contributed by atoms with van der Waals surface area (Å²) in [5.41, 5.74) is 0. The molecule has 9 nitrogen and oxygen atoms in total. The zero-order chi connectivity index (χ0) is 54.2. The number of allylic oxidation sites excluding steroid dienone is 22. The predicted octanol–water partition coefficient (Wildman–Crippen LogP) is 18.1. The van der Waals surface area contributed by atoms with Gasteiger partial charge in [0.2, 0.25) is 0 Å². The van der Waals surface area contributed by atoms with Crippen molar-refractivity contribution < 1.29 is 42.1 Å². The Morgan fingerprint density at radius 3 is 1.08 bits per heavy atom. The van der Waals surface area contributed by atoms with E-state index >= 15 is 0 Å². The normalized spacial score (nSPS) is 14.3. The van der Waals surface area contributed by atoms with Gasteiger partial charge in [0.1, 0.15) is 19.8 Å². The van der Waals surface area contributed by atoms with Crippen LogP contribution in [0.5, 0.6) is 0 Å².